The van der Waals surface area contributed by atoms with Crippen LogP contribution in [0.1, 0.15) is 45.8 Å². The van der Waals surface area contributed by atoms with Gasteiger partial charge >= 0.3 is 0 Å². The maximum absolute atomic E-state index is 12.7. The van der Waals surface area contributed by atoms with Crippen molar-refractivity contribution in [3.05, 3.63) is 89.2 Å². The van der Waals surface area contributed by atoms with Crippen molar-refractivity contribution in [2.75, 3.05) is 18.4 Å². The van der Waals surface area contributed by atoms with Crippen LogP contribution >= 0.6 is 0 Å². The zero-order valence-electron chi connectivity index (χ0n) is 17.4. The van der Waals surface area contributed by atoms with E-state index in [1.54, 1.807) is 42.6 Å². The van der Waals surface area contributed by atoms with E-state index in [4.69, 9.17) is 0 Å². The molecule has 0 atom stereocenters. The summed E-state index contributed by atoms with van der Waals surface area (Å²) >= 11 is 0. The Hall–Kier alpha value is -3.38. The minimum Gasteiger partial charge on any atom is -0.357 e. The van der Waals surface area contributed by atoms with E-state index < -0.39 is 0 Å². The van der Waals surface area contributed by atoms with Crippen molar-refractivity contribution in [1.29, 1.82) is 0 Å². The molecule has 6 heteroatoms. The van der Waals surface area contributed by atoms with Gasteiger partial charge in [0.1, 0.15) is 5.69 Å². The number of carbonyl (C=O) groups is 2. The molecule has 156 valence electrons. The molecular formula is C24H28N4O2. The minimum absolute atomic E-state index is 0.177. The molecule has 1 heterocycles. The summed E-state index contributed by atoms with van der Waals surface area (Å²) in [5.41, 5.74) is 3.86. The van der Waals surface area contributed by atoms with Crippen LogP contribution in [0.25, 0.3) is 0 Å². The molecule has 0 bridgehead atoms. The molecule has 0 aliphatic rings. The topological polar surface area (TPSA) is 77.2 Å². The number of hydrogen-bond acceptors (Lipinski definition) is 3. The maximum Gasteiger partial charge on any atom is 0.272 e. The van der Waals surface area contributed by atoms with E-state index in [2.05, 4.69) is 40.4 Å². The van der Waals surface area contributed by atoms with E-state index in [0.717, 1.165) is 25.2 Å². The fourth-order valence-corrected chi connectivity index (χ4v) is 3.26. The van der Waals surface area contributed by atoms with E-state index in [9.17, 15) is 9.59 Å². The van der Waals surface area contributed by atoms with Crippen molar-refractivity contribution in [3.63, 3.8) is 0 Å². The molecule has 0 unspecified atom stereocenters. The van der Waals surface area contributed by atoms with E-state index in [-0.39, 0.29) is 11.8 Å². The highest BCUT2D eigenvalue weighted by Gasteiger charge is 2.11. The predicted molar refractivity (Wildman–Crippen MR) is 119 cm³/mol. The first-order chi connectivity index (χ1) is 14.6. The van der Waals surface area contributed by atoms with Crippen molar-refractivity contribution in [1.82, 2.24) is 15.2 Å². The number of amides is 2. The smallest absolute Gasteiger partial charge is 0.272 e. The lowest BCUT2D eigenvalue weighted by Gasteiger charge is -2.20. The minimum atomic E-state index is -0.247. The van der Waals surface area contributed by atoms with Crippen LogP contribution in [0.5, 0.6) is 0 Å². The number of anilines is 1. The van der Waals surface area contributed by atoms with Crippen molar-refractivity contribution in [3.8, 4) is 0 Å². The van der Waals surface area contributed by atoms with E-state index in [1.165, 1.54) is 5.56 Å². The van der Waals surface area contributed by atoms with E-state index >= 15 is 0 Å². The average Bonchev–Trinajstić information content (AvgIpc) is 3.32. The summed E-state index contributed by atoms with van der Waals surface area (Å²) in [6.07, 6.45) is 1.69. The van der Waals surface area contributed by atoms with E-state index in [0.29, 0.717) is 23.5 Å². The molecule has 0 radical (unpaired) electrons. The molecule has 3 N–H and O–H groups in total. The van der Waals surface area contributed by atoms with Gasteiger partial charge in [-0.15, -0.1) is 0 Å². The molecule has 2 aromatic carbocycles. The molecule has 3 rings (SSSR count). The van der Waals surface area contributed by atoms with Crippen LogP contribution in [0.4, 0.5) is 5.69 Å². The molecule has 0 aliphatic heterocycles. The Labute approximate surface area is 177 Å². The molecule has 6 nitrogen and oxygen atoms in total. The molecule has 3 aromatic rings. The lowest BCUT2D eigenvalue weighted by atomic mass is 10.1. The van der Waals surface area contributed by atoms with Crippen LogP contribution < -0.4 is 10.6 Å². The Balaban J connectivity index is 1.64. The average molecular weight is 405 g/mol. The fraction of sp³-hybridized carbons (Fsp3) is 0.250. The van der Waals surface area contributed by atoms with Gasteiger partial charge in [0.25, 0.3) is 11.8 Å². The number of rotatable bonds is 9. The van der Waals surface area contributed by atoms with Crippen molar-refractivity contribution >= 4 is 17.5 Å². The van der Waals surface area contributed by atoms with Crippen LogP contribution in [0.2, 0.25) is 0 Å². The molecule has 0 fully saturated rings. The van der Waals surface area contributed by atoms with Gasteiger partial charge < -0.3 is 15.6 Å². The molecule has 0 spiro atoms. The Kier molecular flexibility index (Phi) is 7.40. The van der Waals surface area contributed by atoms with Crippen LogP contribution in [0.3, 0.4) is 0 Å². The van der Waals surface area contributed by atoms with Crippen LogP contribution in [-0.4, -0.2) is 34.8 Å². The third-order valence-electron chi connectivity index (χ3n) is 5.07. The summed E-state index contributed by atoms with van der Waals surface area (Å²) in [6.45, 7) is 7.58. The first kappa shape index (κ1) is 21.3. The van der Waals surface area contributed by atoms with Crippen LogP contribution in [0, 0.1) is 0 Å². The summed E-state index contributed by atoms with van der Waals surface area (Å²) in [5, 5.41) is 5.80. The largest absolute Gasteiger partial charge is 0.357 e. The van der Waals surface area contributed by atoms with Crippen LogP contribution in [-0.2, 0) is 13.1 Å². The van der Waals surface area contributed by atoms with Gasteiger partial charge in [0.15, 0.2) is 0 Å². The SMILES string of the molecule is CCN(CC)Cc1ccccc1CNC(=O)c1cccc(NC(=O)c2ccc[nH]2)c1. The zero-order chi connectivity index (χ0) is 21.3. The predicted octanol–water partition coefficient (Wildman–Crippen LogP) is 4.04. The van der Waals surface area contributed by atoms with Gasteiger partial charge in [-0.05, 0) is 54.5 Å². The Morgan fingerprint density at radius 1 is 0.900 bits per heavy atom. The summed E-state index contributed by atoms with van der Waals surface area (Å²) < 4.78 is 0. The highest BCUT2D eigenvalue weighted by Crippen LogP contribution is 2.14. The van der Waals surface area contributed by atoms with Gasteiger partial charge in [0, 0.05) is 30.5 Å². The molecular weight excluding hydrogens is 376 g/mol. The summed E-state index contributed by atoms with van der Waals surface area (Å²) in [5.74, 6) is -0.425. The number of aromatic amines is 1. The number of H-pyrrole nitrogens is 1. The lowest BCUT2D eigenvalue weighted by molar-refractivity contribution is 0.0949. The third kappa shape index (κ3) is 5.58. The number of benzene rings is 2. The first-order valence-corrected chi connectivity index (χ1v) is 10.2. The number of nitrogens with zero attached hydrogens (tertiary/aromatic N) is 1. The quantitative estimate of drug-likeness (QED) is 0.504. The zero-order valence-corrected chi connectivity index (χ0v) is 17.4. The summed E-state index contributed by atoms with van der Waals surface area (Å²) in [7, 11) is 0. The van der Waals surface area contributed by atoms with Gasteiger partial charge in [-0.2, -0.15) is 0 Å². The third-order valence-corrected chi connectivity index (χ3v) is 5.07. The Morgan fingerprint density at radius 3 is 2.37 bits per heavy atom. The van der Waals surface area contributed by atoms with Crippen molar-refractivity contribution in [2.45, 2.75) is 26.9 Å². The molecule has 0 saturated carbocycles. The molecule has 0 saturated heterocycles. The maximum atomic E-state index is 12.7. The normalized spacial score (nSPS) is 10.8. The van der Waals surface area contributed by atoms with Gasteiger partial charge in [0.2, 0.25) is 0 Å². The highest BCUT2D eigenvalue weighted by molar-refractivity contribution is 6.04. The van der Waals surface area contributed by atoms with Crippen molar-refractivity contribution < 1.29 is 9.59 Å². The first-order valence-electron chi connectivity index (χ1n) is 10.2. The highest BCUT2D eigenvalue weighted by atomic mass is 16.2. The second-order valence-corrected chi connectivity index (χ2v) is 7.03. The fourth-order valence-electron chi connectivity index (χ4n) is 3.26. The van der Waals surface area contributed by atoms with Gasteiger partial charge in [-0.1, -0.05) is 44.2 Å². The number of nitrogens with one attached hydrogen (secondary N) is 3. The second kappa shape index (κ2) is 10.4. The monoisotopic (exact) mass is 404 g/mol. The van der Waals surface area contributed by atoms with Gasteiger partial charge in [0.05, 0.1) is 0 Å². The van der Waals surface area contributed by atoms with Gasteiger partial charge in [-0.25, -0.2) is 0 Å². The Bertz CT molecular complexity index is 978. The molecule has 0 aliphatic carbocycles. The lowest BCUT2D eigenvalue weighted by Crippen LogP contribution is -2.26. The van der Waals surface area contributed by atoms with Crippen LogP contribution in [0.15, 0.2) is 66.9 Å². The van der Waals surface area contributed by atoms with Gasteiger partial charge in [-0.3, -0.25) is 14.5 Å². The number of hydrogen-bond donors (Lipinski definition) is 3. The molecule has 1 aromatic heterocycles. The van der Waals surface area contributed by atoms with Crippen molar-refractivity contribution in [2.24, 2.45) is 0 Å². The number of aromatic nitrogens is 1. The van der Waals surface area contributed by atoms with E-state index in [1.807, 2.05) is 18.2 Å². The molecule has 2 amide bonds. The standard InChI is InChI=1S/C24H28N4O2/c1-3-28(4-2)17-20-10-6-5-9-19(20)16-26-23(29)18-11-7-12-21(15-18)27-24(30)22-13-8-14-25-22/h5-15,25H,3-4,16-17H2,1-2H3,(H,26,29)(H,27,30). The summed E-state index contributed by atoms with van der Waals surface area (Å²) in [6, 6.07) is 18.6. The number of carbonyl (C=O) groups excluding carboxylic acids is 2. The summed E-state index contributed by atoms with van der Waals surface area (Å²) in [4.78, 5) is 30.1. The second-order valence-electron chi connectivity index (χ2n) is 7.03. The molecule has 30 heavy (non-hydrogen) atoms. The Morgan fingerprint density at radius 2 is 1.67 bits per heavy atom.